The van der Waals surface area contributed by atoms with Crippen molar-refractivity contribution in [3.63, 3.8) is 0 Å². The van der Waals surface area contributed by atoms with Gasteiger partial charge in [0.2, 0.25) is 0 Å². The molecule has 0 aliphatic rings. The maximum Gasteiger partial charge on any atom is 0.306 e. The summed E-state index contributed by atoms with van der Waals surface area (Å²) >= 11 is 6.85. The summed E-state index contributed by atoms with van der Waals surface area (Å²) in [7, 11) is 0. The summed E-state index contributed by atoms with van der Waals surface area (Å²) in [6.07, 6.45) is -0.291. The lowest BCUT2D eigenvalue weighted by atomic mass is 10.1. The standard InChI is InChI=1S/C17H12ClN3O6S/c18-15-5-4-14(28-15)13(22)3-6-17(24)27-9-16(23)20-12-2-1-11(21(25)26)7-10(12)8-19/h1-2,4-5,7H,3,6,9H2,(H,20,23). The van der Waals surface area contributed by atoms with Crippen LogP contribution in [0.3, 0.4) is 0 Å². The molecule has 2 aromatic rings. The van der Waals surface area contributed by atoms with E-state index in [0.717, 1.165) is 23.5 Å². The van der Waals surface area contributed by atoms with Gasteiger partial charge < -0.3 is 10.1 Å². The van der Waals surface area contributed by atoms with Crippen LogP contribution in [-0.2, 0) is 14.3 Å². The molecule has 0 saturated carbocycles. The summed E-state index contributed by atoms with van der Waals surface area (Å²) in [6, 6.07) is 8.24. The van der Waals surface area contributed by atoms with Crippen molar-refractivity contribution in [1.82, 2.24) is 0 Å². The molecule has 0 aliphatic carbocycles. The van der Waals surface area contributed by atoms with Crippen LogP contribution in [0.5, 0.6) is 0 Å². The van der Waals surface area contributed by atoms with Gasteiger partial charge in [-0.1, -0.05) is 11.6 Å². The molecule has 0 atom stereocenters. The second-order valence-electron chi connectivity index (χ2n) is 5.33. The van der Waals surface area contributed by atoms with E-state index in [9.17, 15) is 24.5 Å². The molecule has 0 bridgehead atoms. The van der Waals surface area contributed by atoms with E-state index in [0.29, 0.717) is 9.21 Å². The minimum absolute atomic E-state index is 0.0545. The molecule has 144 valence electrons. The van der Waals surface area contributed by atoms with E-state index in [1.807, 2.05) is 0 Å². The van der Waals surface area contributed by atoms with Crippen LogP contribution in [0.2, 0.25) is 4.34 Å². The fraction of sp³-hybridized carbons (Fsp3) is 0.176. The molecule has 0 saturated heterocycles. The van der Waals surface area contributed by atoms with E-state index in [2.05, 4.69) is 5.32 Å². The number of rotatable bonds is 8. The van der Waals surface area contributed by atoms with Crippen molar-refractivity contribution < 1.29 is 24.0 Å². The number of esters is 1. The van der Waals surface area contributed by atoms with Gasteiger partial charge in [0.15, 0.2) is 12.4 Å². The Labute approximate surface area is 167 Å². The largest absolute Gasteiger partial charge is 0.456 e. The second-order valence-corrected chi connectivity index (χ2v) is 7.05. The average Bonchev–Trinajstić information content (AvgIpc) is 3.11. The Morgan fingerprint density at radius 1 is 1.25 bits per heavy atom. The molecule has 0 fully saturated rings. The Morgan fingerprint density at radius 3 is 2.61 bits per heavy atom. The number of anilines is 1. The number of thiophene rings is 1. The number of nitrogens with zero attached hydrogens (tertiary/aromatic N) is 2. The summed E-state index contributed by atoms with van der Waals surface area (Å²) in [5.74, 6) is -1.73. The number of nitro groups is 1. The predicted octanol–water partition coefficient (Wildman–Crippen LogP) is 3.33. The van der Waals surface area contributed by atoms with Crippen LogP contribution in [0.1, 0.15) is 28.1 Å². The van der Waals surface area contributed by atoms with Crippen molar-refractivity contribution in [1.29, 1.82) is 5.26 Å². The van der Waals surface area contributed by atoms with E-state index in [-0.39, 0.29) is 35.6 Å². The number of ketones is 1. The number of carbonyl (C=O) groups excluding carboxylic acids is 3. The highest BCUT2D eigenvalue weighted by atomic mass is 35.5. The number of ether oxygens (including phenoxy) is 1. The monoisotopic (exact) mass is 421 g/mol. The van der Waals surface area contributed by atoms with Crippen LogP contribution in [0.25, 0.3) is 0 Å². The predicted molar refractivity (Wildman–Crippen MR) is 100 cm³/mol. The molecule has 9 nitrogen and oxygen atoms in total. The number of non-ortho nitro benzene ring substituents is 1. The van der Waals surface area contributed by atoms with E-state index in [4.69, 9.17) is 21.6 Å². The van der Waals surface area contributed by atoms with Gasteiger partial charge in [-0.15, -0.1) is 11.3 Å². The van der Waals surface area contributed by atoms with Gasteiger partial charge in [0, 0.05) is 18.6 Å². The van der Waals surface area contributed by atoms with Crippen molar-refractivity contribution >= 4 is 52.0 Å². The first-order valence-corrected chi connectivity index (χ1v) is 8.92. The number of hydrogen-bond donors (Lipinski definition) is 1. The number of nitrogens with one attached hydrogen (secondary N) is 1. The first-order valence-electron chi connectivity index (χ1n) is 7.72. The van der Waals surface area contributed by atoms with Crippen LogP contribution < -0.4 is 5.32 Å². The van der Waals surface area contributed by atoms with Crippen molar-refractivity contribution in [3.8, 4) is 6.07 Å². The number of nitriles is 1. The first-order chi connectivity index (χ1) is 13.3. The number of nitro benzene ring substituents is 1. The number of Topliss-reactive ketones (excluding diaryl/α,β-unsaturated/α-hetero) is 1. The third-order valence-electron chi connectivity index (χ3n) is 3.38. The highest BCUT2D eigenvalue weighted by Gasteiger charge is 2.15. The van der Waals surface area contributed by atoms with Crippen LogP contribution >= 0.6 is 22.9 Å². The van der Waals surface area contributed by atoms with Gasteiger partial charge in [0.1, 0.15) is 6.07 Å². The maximum absolute atomic E-state index is 11.9. The van der Waals surface area contributed by atoms with Gasteiger partial charge in [-0.25, -0.2) is 0 Å². The molecule has 0 spiro atoms. The Hall–Kier alpha value is -3.29. The van der Waals surface area contributed by atoms with Gasteiger partial charge >= 0.3 is 5.97 Å². The Bertz CT molecular complexity index is 982. The van der Waals surface area contributed by atoms with E-state index >= 15 is 0 Å². The van der Waals surface area contributed by atoms with Crippen molar-refractivity contribution in [2.24, 2.45) is 0 Å². The second kappa shape index (κ2) is 9.59. The SMILES string of the molecule is N#Cc1cc([N+](=O)[O-])ccc1NC(=O)COC(=O)CCC(=O)c1ccc(Cl)s1. The summed E-state index contributed by atoms with van der Waals surface area (Å²) < 4.78 is 5.25. The number of amides is 1. The molecule has 1 N–H and O–H groups in total. The Kier molecular flexibility index (Phi) is 7.20. The number of hydrogen-bond acceptors (Lipinski definition) is 8. The topological polar surface area (TPSA) is 139 Å². The summed E-state index contributed by atoms with van der Waals surface area (Å²) in [4.78, 5) is 45.9. The lowest BCUT2D eigenvalue weighted by Crippen LogP contribution is -2.21. The molecule has 1 aromatic heterocycles. The Balaban J connectivity index is 1.82. The molecule has 1 aromatic carbocycles. The highest BCUT2D eigenvalue weighted by Crippen LogP contribution is 2.23. The smallest absolute Gasteiger partial charge is 0.306 e. The number of benzene rings is 1. The summed E-state index contributed by atoms with van der Waals surface area (Å²) in [6.45, 7) is -0.625. The minimum atomic E-state index is -0.740. The van der Waals surface area contributed by atoms with E-state index in [1.165, 1.54) is 6.07 Å². The molecule has 1 amide bonds. The van der Waals surface area contributed by atoms with Gasteiger partial charge in [0.05, 0.1) is 31.8 Å². The van der Waals surface area contributed by atoms with Crippen LogP contribution in [0.4, 0.5) is 11.4 Å². The lowest BCUT2D eigenvalue weighted by molar-refractivity contribution is -0.384. The van der Waals surface area contributed by atoms with Crippen LogP contribution in [0.15, 0.2) is 30.3 Å². The van der Waals surface area contributed by atoms with Crippen molar-refractivity contribution in [2.45, 2.75) is 12.8 Å². The molecule has 28 heavy (non-hydrogen) atoms. The lowest BCUT2D eigenvalue weighted by Gasteiger charge is -2.07. The zero-order chi connectivity index (χ0) is 20.7. The van der Waals surface area contributed by atoms with Gasteiger partial charge in [-0.05, 0) is 18.2 Å². The van der Waals surface area contributed by atoms with Crippen molar-refractivity contribution in [3.05, 3.63) is 55.2 Å². The molecule has 11 heteroatoms. The van der Waals surface area contributed by atoms with Gasteiger partial charge in [-0.2, -0.15) is 5.26 Å². The first kappa shape index (κ1) is 21.0. The van der Waals surface area contributed by atoms with Crippen LogP contribution in [0, 0.1) is 21.4 Å². The van der Waals surface area contributed by atoms with Gasteiger partial charge in [-0.3, -0.25) is 24.5 Å². The third kappa shape index (κ3) is 5.87. The Morgan fingerprint density at radius 2 is 2.00 bits per heavy atom. The normalized spacial score (nSPS) is 10.0. The van der Waals surface area contributed by atoms with E-state index in [1.54, 1.807) is 18.2 Å². The molecule has 0 unspecified atom stereocenters. The molecular formula is C17H12ClN3O6S. The summed E-state index contributed by atoms with van der Waals surface area (Å²) in [5.41, 5.74) is -0.342. The number of halogens is 1. The minimum Gasteiger partial charge on any atom is -0.456 e. The molecule has 1 heterocycles. The van der Waals surface area contributed by atoms with E-state index < -0.39 is 23.4 Å². The average molecular weight is 422 g/mol. The van der Waals surface area contributed by atoms with Crippen molar-refractivity contribution in [2.75, 3.05) is 11.9 Å². The van der Waals surface area contributed by atoms with Crippen LogP contribution in [-0.4, -0.2) is 29.2 Å². The maximum atomic E-state index is 11.9. The zero-order valence-electron chi connectivity index (χ0n) is 14.1. The van der Waals surface area contributed by atoms with Gasteiger partial charge in [0.25, 0.3) is 11.6 Å². The molecular weight excluding hydrogens is 410 g/mol. The fourth-order valence-electron chi connectivity index (χ4n) is 2.05. The summed E-state index contributed by atoms with van der Waals surface area (Å²) in [5, 5.41) is 22.1. The third-order valence-corrected chi connectivity index (χ3v) is 4.65. The molecule has 0 radical (unpaired) electrons. The quantitative estimate of drug-likeness (QED) is 0.298. The zero-order valence-corrected chi connectivity index (χ0v) is 15.7. The highest BCUT2D eigenvalue weighted by molar-refractivity contribution is 7.18. The molecule has 0 aliphatic heterocycles. The fourth-order valence-corrected chi connectivity index (χ4v) is 3.07. The molecule has 2 rings (SSSR count). The number of carbonyl (C=O) groups is 3.